The zero-order chi connectivity index (χ0) is 10.7. The lowest BCUT2D eigenvalue weighted by Crippen LogP contribution is -2.25. The third-order valence-corrected chi connectivity index (χ3v) is 2.44. The smallest absolute Gasteiger partial charge is 0.119 e. The molecule has 2 rings (SSSR count). The Morgan fingerprint density at radius 2 is 2.27 bits per heavy atom. The van der Waals surface area contributed by atoms with Crippen molar-refractivity contribution in [2.45, 2.75) is 13.0 Å². The third kappa shape index (κ3) is 3.53. The summed E-state index contributed by atoms with van der Waals surface area (Å²) in [5.74, 6) is 0.833. The summed E-state index contributed by atoms with van der Waals surface area (Å²) in [6.07, 6.45) is -0.381. The number of aryl methyl sites for hydroxylation is 1. The molecule has 0 amide bonds. The fraction of sp³-hybridized carbons (Fsp3) is 0.500. The fourth-order valence-electron chi connectivity index (χ4n) is 1.50. The first-order valence-electron chi connectivity index (χ1n) is 5.34. The summed E-state index contributed by atoms with van der Waals surface area (Å²) >= 11 is 0. The number of aliphatic hydroxyl groups excluding tert-OH is 1. The van der Waals surface area contributed by atoms with E-state index in [1.807, 2.05) is 31.2 Å². The summed E-state index contributed by atoms with van der Waals surface area (Å²) in [5.41, 5.74) is 1.17. The SMILES string of the molecule is Cc1cccc(OC[C@H](O)CN2CC2)c1. The van der Waals surface area contributed by atoms with E-state index < -0.39 is 0 Å². The highest BCUT2D eigenvalue weighted by Gasteiger charge is 2.20. The summed E-state index contributed by atoms with van der Waals surface area (Å²) in [4.78, 5) is 2.18. The topological polar surface area (TPSA) is 32.5 Å². The molecule has 1 aromatic carbocycles. The molecule has 0 spiro atoms. The van der Waals surface area contributed by atoms with E-state index in [4.69, 9.17) is 4.74 Å². The molecule has 3 heteroatoms. The molecule has 1 fully saturated rings. The van der Waals surface area contributed by atoms with E-state index in [1.165, 1.54) is 5.56 Å². The van der Waals surface area contributed by atoms with E-state index in [0.29, 0.717) is 6.61 Å². The van der Waals surface area contributed by atoms with Gasteiger partial charge in [-0.3, -0.25) is 4.90 Å². The highest BCUT2D eigenvalue weighted by Crippen LogP contribution is 2.13. The number of benzene rings is 1. The molecule has 82 valence electrons. The van der Waals surface area contributed by atoms with Gasteiger partial charge in [-0.25, -0.2) is 0 Å². The van der Waals surface area contributed by atoms with Crippen LogP contribution in [0, 0.1) is 6.92 Å². The van der Waals surface area contributed by atoms with E-state index in [2.05, 4.69) is 4.90 Å². The number of rotatable bonds is 5. The van der Waals surface area contributed by atoms with Gasteiger partial charge in [-0.05, 0) is 24.6 Å². The van der Waals surface area contributed by atoms with Gasteiger partial charge < -0.3 is 9.84 Å². The number of aliphatic hydroxyl groups is 1. The molecule has 3 nitrogen and oxygen atoms in total. The van der Waals surface area contributed by atoms with Crippen molar-refractivity contribution < 1.29 is 9.84 Å². The second-order valence-electron chi connectivity index (χ2n) is 4.08. The van der Waals surface area contributed by atoms with Gasteiger partial charge in [-0.1, -0.05) is 12.1 Å². The molecule has 0 radical (unpaired) electrons. The van der Waals surface area contributed by atoms with Crippen LogP contribution in [0.1, 0.15) is 5.56 Å². The van der Waals surface area contributed by atoms with Gasteiger partial charge >= 0.3 is 0 Å². The summed E-state index contributed by atoms with van der Waals surface area (Å²) < 4.78 is 5.50. The maximum absolute atomic E-state index is 9.62. The van der Waals surface area contributed by atoms with Gasteiger partial charge in [0, 0.05) is 19.6 Å². The number of nitrogens with zero attached hydrogens (tertiary/aromatic N) is 1. The van der Waals surface area contributed by atoms with E-state index in [0.717, 1.165) is 25.4 Å². The molecule has 1 atom stereocenters. The minimum atomic E-state index is -0.381. The zero-order valence-electron chi connectivity index (χ0n) is 9.02. The Balaban J connectivity index is 1.76. The predicted molar refractivity (Wildman–Crippen MR) is 59.1 cm³/mol. The second-order valence-corrected chi connectivity index (χ2v) is 4.08. The zero-order valence-corrected chi connectivity index (χ0v) is 9.02. The van der Waals surface area contributed by atoms with Crippen LogP contribution in [0.4, 0.5) is 0 Å². The van der Waals surface area contributed by atoms with E-state index in [-0.39, 0.29) is 6.10 Å². The van der Waals surface area contributed by atoms with Gasteiger partial charge in [-0.15, -0.1) is 0 Å². The van der Waals surface area contributed by atoms with Crippen molar-refractivity contribution in [3.63, 3.8) is 0 Å². The molecule has 1 aromatic rings. The van der Waals surface area contributed by atoms with Crippen molar-refractivity contribution in [1.82, 2.24) is 4.90 Å². The minimum Gasteiger partial charge on any atom is -0.491 e. The van der Waals surface area contributed by atoms with Crippen molar-refractivity contribution >= 4 is 0 Å². The molecule has 15 heavy (non-hydrogen) atoms. The lowest BCUT2D eigenvalue weighted by molar-refractivity contribution is 0.0943. The molecule has 0 aliphatic carbocycles. The first kappa shape index (κ1) is 10.5. The summed E-state index contributed by atoms with van der Waals surface area (Å²) in [5, 5.41) is 9.62. The maximum atomic E-state index is 9.62. The molecule has 1 aliphatic heterocycles. The minimum absolute atomic E-state index is 0.375. The van der Waals surface area contributed by atoms with Crippen LogP contribution in [-0.2, 0) is 0 Å². The number of hydrogen-bond acceptors (Lipinski definition) is 3. The molecule has 0 aromatic heterocycles. The van der Waals surface area contributed by atoms with Crippen LogP contribution in [-0.4, -0.2) is 42.4 Å². The number of β-amino-alcohol motifs (C(OH)–C–C–N with tert-alkyl or cyclic N) is 1. The van der Waals surface area contributed by atoms with Crippen molar-refractivity contribution in [1.29, 1.82) is 0 Å². The maximum Gasteiger partial charge on any atom is 0.119 e. The van der Waals surface area contributed by atoms with E-state index in [9.17, 15) is 5.11 Å². The summed E-state index contributed by atoms with van der Waals surface area (Å²) in [6.45, 7) is 5.36. The lowest BCUT2D eigenvalue weighted by Gasteiger charge is -2.12. The quantitative estimate of drug-likeness (QED) is 0.732. The third-order valence-electron chi connectivity index (χ3n) is 2.44. The number of hydrogen-bond donors (Lipinski definition) is 1. The van der Waals surface area contributed by atoms with Crippen molar-refractivity contribution in [2.75, 3.05) is 26.2 Å². The van der Waals surface area contributed by atoms with Crippen LogP contribution in [0.3, 0.4) is 0 Å². The van der Waals surface area contributed by atoms with E-state index >= 15 is 0 Å². The Kier molecular flexibility index (Phi) is 3.23. The fourth-order valence-corrected chi connectivity index (χ4v) is 1.50. The molecule has 1 aliphatic rings. The van der Waals surface area contributed by atoms with E-state index in [1.54, 1.807) is 0 Å². The average Bonchev–Trinajstić information content (AvgIpc) is 2.99. The van der Waals surface area contributed by atoms with Crippen LogP contribution in [0.2, 0.25) is 0 Å². The Hall–Kier alpha value is -1.06. The van der Waals surface area contributed by atoms with Gasteiger partial charge in [-0.2, -0.15) is 0 Å². The highest BCUT2D eigenvalue weighted by molar-refractivity contribution is 5.27. The van der Waals surface area contributed by atoms with Gasteiger partial charge in [0.1, 0.15) is 18.5 Å². The van der Waals surface area contributed by atoms with Crippen LogP contribution >= 0.6 is 0 Å². The van der Waals surface area contributed by atoms with Crippen LogP contribution in [0.25, 0.3) is 0 Å². The van der Waals surface area contributed by atoms with Crippen LogP contribution in [0.15, 0.2) is 24.3 Å². The van der Waals surface area contributed by atoms with Crippen LogP contribution < -0.4 is 4.74 Å². The highest BCUT2D eigenvalue weighted by atomic mass is 16.5. The summed E-state index contributed by atoms with van der Waals surface area (Å²) in [6, 6.07) is 7.88. The van der Waals surface area contributed by atoms with Gasteiger partial charge in [0.25, 0.3) is 0 Å². The Morgan fingerprint density at radius 3 is 2.93 bits per heavy atom. The molecular formula is C12H17NO2. The standard InChI is InChI=1S/C12H17NO2/c1-10-3-2-4-12(7-10)15-9-11(14)8-13-5-6-13/h2-4,7,11,14H,5-6,8-9H2,1H3/t11-/m1/s1. The molecular weight excluding hydrogens is 190 g/mol. The molecule has 0 unspecified atom stereocenters. The Labute approximate surface area is 90.3 Å². The summed E-state index contributed by atoms with van der Waals surface area (Å²) in [7, 11) is 0. The van der Waals surface area contributed by atoms with Crippen LogP contribution in [0.5, 0.6) is 5.75 Å². The Morgan fingerprint density at radius 1 is 1.47 bits per heavy atom. The number of ether oxygens (including phenoxy) is 1. The lowest BCUT2D eigenvalue weighted by atomic mass is 10.2. The van der Waals surface area contributed by atoms with Crippen molar-refractivity contribution in [3.05, 3.63) is 29.8 Å². The molecule has 0 saturated carbocycles. The molecule has 1 heterocycles. The average molecular weight is 207 g/mol. The van der Waals surface area contributed by atoms with Gasteiger partial charge in [0.2, 0.25) is 0 Å². The van der Waals surface area contributed by atoms with Gasteiger partial charge in [0.15, 0.2) is 0 Å². The monoisotopic (exact) mass is 207 g/mol. The molecule has 0 bridgehead atoms. The Bertz CT molecular complexity index is 323. The molecule has 1 saturated heterocycles. The first-order valence-corrected chi connectivity index (χ1v) is 5.34. The molecule has 1 N–H and O–H groups in total. The largest absolute Gasteiger partial charge is 0.491 e. The van der Waals surface area contributed by atoms with Crippen molar-refractivity contribution in [2.24, 2.45) is 0 Å². The second kappa shape index (κ2) is 4.64. The van der Waals surface area contributed by atoms with Gasteiger partial charge in [0.05, 0.1) is 0 Å². The predicted octanol–water partition coefficient (Wildman–Crippen LogP) is 1.05. The van der Waals surface area contributed by atoms with Crippen molar-refractivity contribution in [3.8, 4) is 5.75 Å². The normalized spacial score (nSPS) is 17.5. The first-order chi connectivity index (χ1) is 7.24.